The Bertz CT molecular complexity index is 3680. The van der Waals surface area contributed by atoms with Crippen molar-refractivity contribution in [1.29, 1.82) is 5.26 Å². The van der Waals surface area contributed by atoms with E-state index in [0.29, 0.717) is 33.9 Å². The van der Waals surface area contributed by atoms with Crippen molar-refractivity contribution in [1.82, 2.24) is 34.8 Å². The van der Waals surface area contributed by atoms with Crippen molar-refractivity contribution < 1.29 is 37.4 Å². The summed E-state index contributed by atoms with van der Waals surface area (Å²) in [5, 5.41) is 28.4. The van der Waals surface area contributed by atoms with Crippen molar-refractivity contribution in [3.8, 4) is 17.6 Å². The molecule has 4 unspecified atom stereocenters. The lowest BCUT2D eigenvalue weighted by molar-refractivity contribution is -0.0927. The van der Waals surface area contributed by atoms with Crippen LogP contribution in [0.3, 0.4) is 0 Å². The lowest BCUT2D eigenvalue weighted by Gasteiger charge is -2.37. The normalized spacial score (nSPS) is 17.5. The number of methoxy groups -OCH3 is 2. The van der Waals surface area contributed by atoms with Crippen LogP contribution in [0.2, 0.25) is 0 Å². The molecule has 0 spiro atoms. The zero-order valence-electron chi connectivity index (χ0n) is 43.9. The zero-order valence-corrected chi connectivity index (χ0v) is 44.9. The summed E-state index contributed by atoms with van der Waals surface area (Å²) >= 11 is 0. The fourth-order valence-electron chi connectivity index (χ4n) is 11.0. The van der Waals surface area contributed by atoms with Gasteiger partial charge < -0.3 is 33.3 Å². The van der Waals surface area contributed by atoms with Crippen LogP contribution < -0.4 is 26.0 Å². The summed E-state index contributed by atoms with van der Waals surface area (Å²) < 4.78 is 54.9. The van der Waals surface area contributed by atoms with Crippen molar-refractivity contribution in [3.05, 3.63) is 201 Å². The van der Waals surface area contributed by atoms with Gasteiger partial charge >= 0.3 is 13.9 Å². The number of carbonyl (C=O) groups excluding carboxylic acids is 1. The highest BCUT2D eigenvalue weighted by atomic mass is 31.1. The number of aromatic amines is 1. The molecule has 1 amide bonds. The first kappa shape index (κ1) is 53.4. The largest absolute Gasteiger partial charge is 0.497 e. The fraction of sp³-hybridized carbons (Fsp3) is 0.288. The van der Waals surface area contributed by atoms with E-state index in [9.17, 15) is 24.2 Å². The Morgan fingerprint density at radius 1 is 0.808 bits per heavy atom. The molecule has 1 aliphatic rings. The predicted molar refractivity (Wildman–Crippen MR) is 295 cm³/mol. The molecule has 2 aromatic heterocycles. The zero-order chi connectivity index (χ0) is 54.7. The number of aromatic nitrogens is 5. The third kappa shape index (κ3) is 10.4. The Morgan fingerprint density at radius 3 is 2.04 bits per heavy atom. The van der Waals surface area contributed by atoms with Crippen LogP contribution in [0, 0.1) is 11.3 Å². The molecule has 2 N–H and O–H groups in total. The van der Waals surface area contributed by atoms with E-state index in [1.165, 1.54) is 21.5 Å². The average molecular weight is 1070 g/mol. The van der Waals surface area contributed by atoms with E-state index >= 15 is 0 Å². The standard InChI is InChI=1S/C59H59N8O10P/c1-36(2)67(37(3)4)45(31-60)34-75-78(71)77-55-50(35-74-59(41-13-8-7-9-14-41,42-19-23-46(72-5)24-20-42)43-21-25-47(73-6)26-22-43)76-57(65-30-29-51(68)62-58(65)70)54(55)66-33-44(63-64-66)32-61-56(69)49-28-18-40-16-15-38-11-10-12-39-17-27-48(49)53(40)52(38)39/h7-30,33,36-37,45,50,54-55,57,78H,32,34-35H2,1-6H3,(H,61,69)(H,62,68,70)/t45?,50-,54?,55?,57-/m0/s1. The van der Waals surface area contributed by atoms with Crippen LogP contribution in [-0.4, -0.2) is 93.1 Å². The first-order chi connectivity index (χ1) is 37.8. The Labute approximate surface area is 450 Å². The Balaban J connectivity index is 1.03. The van der Waals surface area contributed by atoms with E-state index in [-0.39, 0.29) is 37.7 Å². The van der Waals surface area contributed by atoms with Gasteiger partial charge in [-0.15, -0.1) is 5.10 Å². The summed E-state index contributed by atoms with van der Waals surface area (Å²) in [6.07, 6.45) is -0.875. The Morgan fingerprint density at radius 2 is 1.42 bits per heavy atom. The highest BCUT2D eigenvalue weighted by molar-refractivity contribution is 7.33. The average Bonchev–Trinajstić information content (AvgIpc) is 4.20. The number of ether oxygens (including phenoxy) is 4. The van der Waals surface area contributed by atoms with E-state index in [0.717, 1.165) is 37.9 Å². The number of H-pyrrole nitrogens is 1. The van der Waals surface area contributed by atoms with Crippen LogP contribution >= 0.6 is 8.25 Å². The van der Waals surface area contributed by atoms with Crippen molar-refractivity contribution in [3.63, 3.8) is 0 Å². The molecule has 7 aromatic carbocycles. The lowest BCUT2D eigenvalue weighted by atomic mass is 9.80. The van der Waals surface area contributed by atoms with Gasteiger partial charge in [0.25, 0.3) is 11.5 Å². The third-order valence-corrected chi connectivity index (χ3v) is 15.3. The molecule has 0 radical (unpaired) electrons. The van der Waals surface area contributed by atoms with Gasteiger partial charge in [-0.3, -0.25) is 28.6 Å². The topological polar surface area (TPSA) is 214 Å². The maximum atomic E-state index is 14.5. The van der Waals surface area contributed by atoms with Crippen LogP contribution in [0.1, 0.15) is 72.7 Å². The molecular weight excluding hydrogens is 1010 g/mol. The van der Waals surface area contributed by atoms with Gasteiger partial charge in [-0.25, -0.2) is 9.48 Å². The number of hydrogen-bond acceptors (Lipinski definition) is 14. The molecule has 0 bridgehead atoms. The van der Waals surface area contributed by atoms with Crippen molar-refractivity contribution in [2.75, 3.05) is 27.4 Å². The number of hydrogen-bond donors (Lipinski definition) is 2. The highest BCUT2D eigenvalue weighted by Gasteiger charge is 2.51. The highest BCUT2D eigenvalue weighted by Crippen LogP contribution is 2.47. The van der Waals surface area contributed by atoms with E-state index in [4.69, 9.17) is 28.0 Å². The molecule has 18 nitrogen and oxygen atoms in total. The van der Waals surface area contributed by atoms with E-state index in [2.05, 4.69) is 50.9 Å². The number of rotatable bonds is 21. The van der Waals surface area contributed by atoms with Crippen LogP contribution in [0.25, 0.3) is 32.3 Å². The number of nitriles is 1. The maximum absolute atomic E-state index is 14.5. The summed E-state index contributed by atoms with van der Waals surface area (Å²) in [5.41, 5.74) is 0.169. The van der Waals surface area contributed by atoms with Crippen molar-refractivity contribution in [2.24, 2.45) is 0 Å². The minimum Gasteiger partial charge on any atom is -0.497 e. The first-order valence-corrected chi connectivity index (χ1v) is 26.9. The van der Waals surface area contributed by atoms with Gasteiger partial charge in [-0.2, -0.15) is 5.26 Å². The molecule has 400 valence electrons. The lowest BCUT2D eigenvalue weighted by Crippen LogP contribution is -2.46. The van der Waals surface area contributed by atoms with Gasteiger partial charge in [-0.1, -0.05) is 108 Å². The molecule has 6 atom stereocenters. The monoisotopic (exact) mass is 1070 g/mol. The van der Waals surface area contributed by atoms with Gasteiger partial charge in [0.2, 0.25) is 0 Å². The maximum Gasteiger partial charge on any atom is 0.330 e. The van der Waals surface area contributed by atoms with Crippen LogP contribution in [0.15, 0.2) is 162 Å². The number of nitrogens with one attached hydrogen (secondary N) is 2. The predicted octanol–water partition coefficient (Wildman–Crippen LogP) is 8.92. The number of benzene rings is 7. The number of amides is 1. The van der Waals surface area contributed by atoms with Crippen LogP contribution in [0.4, 0.5) is 0 Å². The summed E-state index contributed by atoms with van der Waals surface area (Å²) in [6.45, 7) is 7.27. The quantitative estimate of drug-likeness (QED) is 0.0391. The first-order valence-electron chi connectivity index (χ1n) is 25.6. The molecule has 10 rings (SSSR count). The van der Waals surface area contributed by atoms with Crippen LogP contribution in [0.5, 0.6) is 11.5 Å². The van der Waals surface area contributed by atoms with E-state index in [1.807, 2.05) is 142 Å². The van der Waals surface area contributed by atoms with E-state index < -0.39 is 55.6 Å². The van der Waals surface area contributed by atoms with Crippen molar-refractivity contribution in [2.45, 2.75) is 82.4 Å². The second-order valence-corrected chi connectivity index (χ2v) is 20.7. The Kier molecular flexibility index (Phi) is 15.7. The third-order valence-electron chi connectivity index (χ3n) is 14.4. The molecule has 9 aromatic rings. The molecule has 0 saturated carbocycles. The minimum atomic E-state index is -3.51. The van der Waals surface area contributed by atoms with E-state index in [1.54, 1.807) is 20.4 Å². The smallest absolute Gasteiger partial charge is 0.330 e. The van der Waals surface area contributed by atoms with Gasteiger partial charge in [0.1, 0.15) is 47.1 Å². The molecule has 0 aliphatic carbocycles. The molecule has 1 saturated heterocycles. The number of nitrogens with zero attached hydrogens (tertiary/aromatic N) is 6. The summed E-state index contributed by atoms with van der Waals surface area (Å²) in [5.74, 6) is 0.902. The molecule has 1 fully saturated rings. The fourth-order valence-corrected chi connectivity index (χ4v) is 11.8. The summed E-state index contributed by atoms with van der Waals surface area (Å²) in [6, 6.07) is 44.0. The molecule has 1 aliphatic heterocycles. The van der Waals surface area contributed by atoms with Gasteiger partial charge in [0.05, 0.1) is 46.2 Å². The Hall–Kier alpha value is -8.01. The molecule has 3 heterocycles. The van der Waals surface area contributed by atoms with Gasteiger partial charge in [0, 0.05) is 29.9 Å². The number of carbonyl (C=O) groups is 1. The van der Waals surface area contributed by atoms with Crippen LogP contribution in [-0.2, 0) is 35.2 Å². The summed E-state index contributed by atoms with van der Waals surface area (Å²) in [7, 11) is -0.345. The SMILES string of the molecule is COc1ccc(C(OC[C@@H]2O[C@H](n3ccc(=O)[nH]c3=O)C(n3cc(CNC(=O)c4ccc5ccc6cccc7ccc4c5c67)nn3)C2O[PH](=O)OCC(C#N)N(C(C)C)C(C)C)(c2ccccc2)c2ccc(OC)cc2)cc1. The molecular formula is C59H59N8O10P. The van der Waals surface area contributed by atoms with Crippen molar-refractivity contribution >= 4 is 46.5 Å². The van der Waals surface area contributed by atoms with Gasteiger partial charge in [-0.05, 0) is 107 Å². The summed E-state index contributed by atoms with van der Waals surface area (Å²) in [4.78, 5) is 44.8. The minimum absolute atomic E-state index is 0.0413. The molecule has 19 heteroatoms. The van der Waals surface area contributed by atoms with Gasteiger partial charge in [0.15, 0.2) is 6.23 Å². The molecule has 78 heavy (non-hydrogen) atoms. The second-order valence-electron chi connectivity index (χ2n) is 19.7. The second kappa shape index (κ2) is 22.9.